The second-order valence-corrected chi connectivity index (χ2v) is 11.0. The van der Waals surface area contributed by atoms with E-state index in [2.05, 4.69) is 94.8 Å². The molecule has 0 fully saturated rings. The standard InChI is InChI=1S/C39H25N5/c1-3-13-25(14-4-1)37-41-38(26-15-5-2-6-16-26)43-39(42-37)44-35-22-12-9-19-29(35)32-23-30-27-17-7-10-20-33(27)40-34-21-11-8-18-28(34)31(30)24-36(32)44/h1-24,40H. The first-order valence-corrected chi connectivity index (χ1v) is 14.7. The minimum atomic E-state index is 0.587. The lowest BCUT2D eigenvalue weighted by Gasteiger charge is -2.13. The average Bonchev–Trinajstić information content (AvgIpc) is 3.34. The first kappa shape index (κ1) is 24.5. The average molecular weight is 564 g/mol. The highest BCUT2D eigenvalue weighted by molar-refractivity contribution is 6.14. The van der Waals surface area contributed by atoms with Gasteiger partial charge < -0.3 is 5.32 Å². The lowest BCUT2D eigenvalue weighted by molar-refractivity contribution is 0.953. The summed E-state index contributed by atoms with van der Waals surface area (Å²) < 4.78 is 2.19. The van der Waals surface area contributed by atoms with E-state index in [1.54, 1.807) is 0 Å². The van der Waals surface area contributed by atoms with Gasteiger partial charge in [-0.2, -0.15) is 9.97 Å². The smallest absolute Gasteiger partial charge is 0.238 e. The molecule has 5 nitrogen and oxygen atoms in total. The first-order chi connectivity index (χ1) is 21.8. The van der Waals surface area contributed by atoms with Crippen LogP contribution in [0.25, 0.3) is 72.8 Å². The van der Waals surface area contributed by atoms with Crippen molar-refractivity contribution in [3.63, 3.8) is 0 Å². The molecule has 6 aromatic carbocycles. The summed E-state index contributed by atoms with van der Waals surface area (Å²) in [4.78, 5) is 15.2. The molecule has 0 saturated heterocycles. The van der Waals surface area contributed by atoms with Crippen molar-refractivity contribution in [2.75, 3.05) is 5.32 Å². The second-order valence-electron chi connectivity index (χ2n) is 11.0. The van der Waals surface area contributed by atoms with Crippen molar-refractivity contribution in [2.45, 2.75) is 0 Å². The van der Waals surface area contributed by atoms with Crippen molar-refractivity contribution in [3.8, 4) is 51.0 Å². The van der Waals surface area contributed by atoms with Crippen LogP contribution in [0.3, 0.4) is 0 Å². The van der Waals surface area contributed by atoms with Crippen LogP contribution in [-0.2, 0) is 0 Å². The van der Waals surface area contributed by atoms with E-state index in [0.717, 1.165) is 55.4 Å². The van der Waals surface area contributed by atoms with Gasteiger partial charge in [0.25, 0.3) is 0 Å². The highest BCUT2D eigenvalue weighted by atomic mass is 15.2. The van der Waals surface area contributed by atoms with Gasteiger partial charge in [0.05, 0.1) is 11.0 Å². The van der Waals surface area contributed by atoms with Crippen LogP contribution in [0.1, 0.15) is 0 Å². The Kier molecular flexibility index (Phi) is 5.43. The van der Waals surface area contributed by atoms with E-state index in [4.69, 9.17) is 15.0 Å². The fourth-order valence-corrected chi connectivity index (χ4v) is 6.37. The molecule has 1 aliphatic heterocycles. The predicted molar refractivity (Wildman–Crippen MR) is 179 cm³/mol. The molecule has 0 amide bonds. The zero-order valence-electron chi connectivity index (χ0n) is 23.6. The molecular formula is C39H25N5. The maximum Gasteiger partial charge on any atom is 0.238 e. The van der Waals surface area contributed by atoms with Gasteiger partial charge >= 0.3 is 0 Å². The number of anilines is 2. The van der Waals surface area contributed by atoms with Gasteiger partial charge in [0, 0.05) is 44.4 Å². The van der Waals surface area contributed by atoms with Crippen molar-refractivity contribution in [1.29, 1.82) is 0 Å². The quantitative estimate of drug-likeness (QED) is 0.232. The van der Waals surface area contributed by atoms with E-state index in [9.17, 15) is 0 Å². The third-order valence-electron chi connectivity index (χ3n) is 8.40. The minimum absolute atomic E-state index is 0.587. The molecule has 206 valence electrons. The minimum Gasteiger partial charge on any atom is -0.355 e. The Morgan fingerprint density at radius 2 is 0.932 bits per heavy atom. The second kappa shape index (κ2) is 9.75. The summed E-state index contributed by atoms with van der Waals surface area (Å²) in [5, 5.41) is 5.99. The molecule has 1 aliphatic rings. The number of aromatic nitrogens is 4. The van der Waals surface area contributed by atoms with Gasteiger partial charge in [-0.05, 0) is 41.5 Å². The molecule has 0 spiro atoms. The maximum absolute atomic E-state index is 5.11. The highest BCUT2D eigenvalue weighted by Gasteiger charge is 2.23. The van der Waals surface area contributed by atoms with Crippen LogP contribution in [-0.4, -0.2) is 19.5 Å². The third kappa shape index (κ3) is 3.83. The van der Waals surface area contributed by atoms with Crippen LogP contribution < -0.4 is 5.32 Å². The van der Waals surface area contributed by atoms with Gasteiger partial charge in [0.2, 0.25) is 5.95 Å². The summed E-state index contributed by atoms with van der Waals surface area (Å²) in [6.07, 6.45) is 0. The van der Waals surface area contributed by atoms with E-state index in [-0.39, 0.29) is 0 Å². The number of fused-ring (bicyclic) bond motifs is 8. The number of para-hydroxylation sites is 3. The lowest BCUT2D eigenvalue weighted by Crippen LogP contribution is -2.06. The molecule has 5 heteroatoms. The van der Waals surface area contributed by atoms with Gasteiger partial charge in [-0.3, -0.25) is 4.57 Å². The van der Waals surface area contributed by atoms with E-state index in [1.165, 1.54) is 11.1 Å². The molecule has 0 atom stereocenters. The molecular weight excluding hydrogens is 538 g/mol. The fraction of sp³-hybridized carbons (Fsp3) is 0. The molecule has 0 bridgehead atoms. The Labute approximate surface area is 254 Å². The summed E-state index contributed by atoms with van der Waals surface area (Å²) >= 11 is 0. The van der Waals surface area contributed by atoms with Gasteiger partial charge in [-0.1, -0.05) is 115 Å². The van der Waals surface area contributed by atoms with Gasteiger partial charge in [0.1, 0.15) is 0 Å². The summed E-state index contributed by atoms with van der Waals surface area (Å²) in [7, 11) is 0. The van der Waals surface area contributed by atoms with Crippen LogP contribution in [0.2, 0.25) is 0 Å². The van der Waals surface area contributed by atoms with Crippen molar-refractivity contribution in [1.82, 2.24) is 19.5 Å². The molecule has 44 heavy (non-hydrogen) atoms. The molecule has 9 rings (SSSR count). The van der Waals surface area contributed by atoms with Crippen LogP contribution in [0, 0.1) is 0 Å². The topological polar surface area (TPSA) is 55.6 Å². The number of rotatable bonds is 3. The number of hydrogen-bond acceptors (Lipinski definition) is 4. The van der Waals surface area contributed by atoms with E-state index < -0.39 is 0 Å². The number of hydrogen-bond donors (Lipinski definition) is 1. The van der Waals surface area contributed by atoms with Crippen molar-refractivity contribution in [2.24, 2.45) is 0 Å². The van der Waals surface area contributed by atoms with Crippen molar-refractivity contribution < 1.29 is 0 Å². The third-order valence-corrected chi connectivity index (χ3v) is 8.40. The SMILES string of the molecule is c1ccc(-c2nc(-c3ccccc3)nc(-n3c4ccccc4c4cc5c(cc43)-c3ccccc3Nc3ccccc3-5)n2)cc1. The summed E-state index contributed by atoms with van der Waals surface area (Å²) in [5.74, 6) is 1.86. The van der Waals surface area contributed by atoms with Gasteiger partial charge in [-0.15, -0.1) is 0 Å². The molecule has 0 saturated carbocycles. The van der Waals surface area contributed by atoms with Crippen molar-refractivity contribution >= 4 is 33.2 Å². The van der Waals surface area contributed by atoms with Crippen LogP contribution in [0.4, 0.5) is 11.4 Å². The molecule has 8 aromatic rings. The lowest BCUT2D eigenvalue weighted by atomic mass is 9.92. The molecule has 1 N–H and O–H groups in total. The normalized spacial score (nSPS) is 11.8. The molecule has 3 heterocycles. The van der Waals surface area contributed by atoms with E-state index >= 15 is 0 Å². The van der Waals surface area contributed by atoms with Gasteiger partial charge in [0.15, 0.2) is 11.6 Å². The van der Waals surface area contributed by atoms with Crippen LogP contribution >= 0.6 is 0 Å². The Morgan fingerprint density at radius 1 is 0.409 bits per heavy atom. The number of benzene rings is 6. The summed E-state index contributed by atoms with van der Waals surface area (Å²) in [5.41, 5.74) is 10.8. The Morgan fingerprint density at radius 3 is 1.57 bits per heavy atom. The van der Waals surface area contributed by atoms with Crippen LogP contribution in [0.5, 0.6) is 0 Å². The monoisotopic (exact) mass is 563 g/mol. The number of nitrogens with zero attached hydrogens (tertiary/aromatic N) is 4. The zero-order chi connectivity index (χ0) is 29.0. The first-order valence-electron chi connectivity index (χ1n) is 14.7. The maximum atomic E-state index is 5.11. The predicted octanol–water partition coefficient (Wildman–Crippen LogP) is 9.69. The molecule has 2 aromatic heterocycles. The largest absolute Gasteiger partial charge is 0.355 e. The van der Waals surface area contributed by atoms with Crippen molar-refractivity contribution in [3.05, 3.63) is 146 Å². The van der Waals surface area contributed by atoms with Crippen LogP contribution in [0.15, 0.2) is 146 Å². The molecule has 0 aliphatic carbocycles. The van der Waals surface area contributed by atoms with Gasteiger partial charge in [-0.25, -0.2) is 4.98 Å². The van der Waals surface area contributed by atoms with E-state index in [1.807, 2.05) is 60.7 Å². The Hall–Kier alpha value is -6.07. The Balaban J connectivity index is 1.39. The number of nitrogens with one attached hydrogen (secondary N) is 1. The Bertz CT molecular complexity index is 2300. The fourth-order valence-electron chi connectivity index (χ4n) is 6.37. The molecule has 0 unspecified atom stereocenters. The highest BCUT2D eigenvalue weighted by Crippen LogP contribution is 2.47. The summed E-state index contributed by atoms with van der Waals surface area (Å²) in [6.45, 7) is 0. The zero-order valence-corrected chi connectivity index (χ0v) is 23.6. The molecule has 0 radical (unpaired) electrons. The van der Waals surface area contributed by atoms with E-state index in [0.29, 0.717) is 17.6 Å². The summed E-state index contributed by atoms with van der Waals surface area (Å²) in [6, 6.07) is 50.4.